The lowest BCUT2D eigenvalue weighted by atomic mass is 9.93. The van der Waals surface area contributed by atoms with Gasteiger partial charge in [-0.25, -0.2) is 0 Å². The van der Waals surface area contributed by atoms with Gasteiger partial charge in [0.25, 0.3) is 5.91 Å². The van der Waals surface area contributed by atoms with Gasteiger partial charge < -0.3 is 33.9 Å². The number of benzene rings is 3. The number of carbonyl (C=O) groups excluding carboxylic acids is 2. The standard InChI is InChI=1S/C40H50N4O7/c1-47-20-21-49-24-25-51-27-26-50-23-22-48-19-16-42-38(45)28-35-31-43(40(46)37-30-41-29-34-14-8-9-15-36(34)37)17-18-44(35)39(32-10-4-2-5-11-32)33-12-6-3-7-13-33/h2-15,29-30,35,39H,16-28,31H2,1H3,(H,42,45). The van der Waals surface area contributed by atoms with Gasteiger partial charge in [-0.2, -0.15) is 0 Å². The van der Waals surface area contributed by atoms with Gasteiger partial charge in [-0.05, 0) is 16.5 Å². The van der Waals surface area contributed by atoms with Crippen molar-refractivity contribution < 1.29 is 33.3 Å². The number of hydrogen-bond donors (Lipinski definition) is 1. The average Bonchev–Trinajstić information content (AvgIpc) is 3.17. The minimum absolute atomic E-state index is 0.0746. The van der Waals surface area contributed by atoms with E-state index in [4.69, 9.17) is 23.7 Å². The zero-order valence-corrected chi connectivity index (χ0v) is 29.5. The Morgan fingerprint density at radius 3 is 1.92 bits per heavy atom. The number of piperazine rings is 1. The van der Waals surface area contributed by atoms with Crippen molar-refractivity contribution in [1.29, 1.82) is 0 Å². The maximum Gasteiger partial charge on any atom is 0.256 e. The van der Waals surface area contributed by atoms with Gasteiger partial charge in [0, 0.05) is 63.5 Å². The van der Waals surface area contributed by atoms with Crippen LogP contribution in [0.15, 0.2) is 97.3 Å². The number of aromatic nitrogens is 1. The second-order valence-corrected chi connectivity index (χ2v) is 12.3. The molecule has 1 fully saturated rings. The second kappa shape index (κ2) is 21.2. The minimum Gasteiger partial charge on any atom is -0.382 e. The summed E-state index contributed by atoms with van der Waals surface area (Å²) in [5, 5.41) is 4.82. The smallest absolute Gasteiger partial charge is 0.256 e. The van der Waals surface area contributed by atoms with Crippen molar-refractivity contribution in [2.75, 3.05) is 92.8 Å². The number of amides is 2. The van der Waals surface area contributed by atoms with Gasteiger partial charge in [0.05, 0.1) is 71.1 Å². The molecule has 1 unspecified atom stereocenters. The molecule has 1 aliphatic heterocycles. The van der Waals surface area contributed by atoms with Crippen LogP contribution in [-0.2, 0) is 28.5 Å². The van der Waals surface area contributed by atoms with Crippen LogP contribution in [0.2, 0.25) is 0 Å². The molecule has 0 bridgehead atoms. The van der Waals surface area contributed by atoms with E-state index in [0.717, 1.165) is 21.9 Å². The Kier molecular flexibility index (Phi) is 15.8. The highest BCUT2D eigenvalue weighted by Crippen LogP contribution is 2.33. The Morgan fingerprint density at radius 2 is 1.29 bits per heavy atom. The molecule has 0 spiro atoms. The van der Waals surface area contributed by atoms with Crippen LogP contribution in [0.25, 0.3) is 10.8 Å². The molecule has 1 saturated heterocycles. The van der Waals surface area contributed by atoms with Crippen molar-refractivity contribution in [2.45, 2.75) is 18.5 Å². The molecule has 11 nitrogen and oxygen atoms in total. The van der Waals surface area contributed by atoms with Gasteiger partial charge in [0.15, 0.2) is 0 Å². The lowest BCUT2D eigenvalue weighted by molar-refractivity contribution is -0.123. The molecule has 1 aliphatic rings. The molecule has 0 radical (unpaired) electrons. The number of nitrogens with one attached hydrogen (secondary N) is 1. The first-order chi connectivity index (χ1) is 25.2. The third-order valence-electron chi connectivity index (χ3n) is 8.81. The summed E-state index contributed by atoms with van der Waals surface area (Å²) in [7, 11) is 1.64. The molecular formula is C40H50N4O7. The van der Waals surface area contributed by atoms with Gasteiger partial charge in [-0.1, -0.05) is 84.9 Å². The molecule has 1 atom stereocenters. The molecule has 2 amide bonds. The number of nitrogens with zero attached hydrogens (tertiary/aromatic N) is 3. The Bertz CT molecular complexity index is 1570. The van der Waals surface area contributed by atoms with Crippen molar-refractivity contribution in [3.8, 4) is 0 Å². The van der Waals surface area contributed by atoms with Crippen LogP contribution >= 0.6 is 0 Å². The van der Waals surface area contributed by atoms with E-state index in [0.29, 0.717) is 91.2 Å². The van der Waals surface area contributed by atoms with Gasteiger partial charge >= 0.3 is 0 Å². The molecular weight excluding hydrogens is 648 g/mol. The predicted octanol–water partition coefficient (Wildman–Crippen LogP) is 4.37. The quantitative estimate of drug-likeness (QED) is 0.127. The summed E-state index contributed by atoms with van der Waals surface area (Å²) in [4.78, 5) is 36.1. The van der Waals surface area contributed by atoms with E-state index in [1.54, 1.807) is 19.5 Å². The van der Waals surface area contributed by atoms with Crippen LogP contribution in [0.5, 0.6) is 0 Å². The third kappa shape index (κ3) is 11.6. The SMILES string of the molecule is COCCOCCOCCOCCOCCNC(=O)CC1CN(C(=O)c2cncc3ccccc23)CCN1C(c1ccccc1)c1ccccc1. The number of ether oxygens (including phenoxy) is 5. The molecule has 3 aromatic carbocycles. The maximum atomic E-state index is 14.0. The summed E-state index contributed by atoms with van der Waals surface area (Å²) in [5.41, 5.74) is 2.85. The summed E-state index contributed by atoms with van der Waals surface area (Å²) in [6.07, 6.45) is 3.66. The first-order valence-electron chi connectivity index (χ1n) is 17.7. The number of rotatable bonds is 21. The molecule has 4 aromatic rings. The molecule has 272 valence electrons. The van der Waals surface area contributed by atoms with E-state index < -0.39 is 0 Å². The van der Waals surface area contributed by atoms with Crippen LogP contribution in [0, 0.1) is 0 Å². The van der Waals surface area contributed by atoms with Gasteiger partial charge in [0.1, 0.15) is 0 Å². The lowest BCUT2D eigenvalue weighted by Crippen LogP contribution is -2.57. The fourth-order valence-electron chi connectivity index (χ4n) is 6.33. The third-order valence-corrected chi connectivity index (χ3v) is 8.81. The summed E-state index contributed by atoms with van der Waals surface area (Å²) in [6, 6.07) is 28.2. The molecule has 0 aliphatic carbocycles. The topological polar surface area (TPSA) is 112 Å². The molecule has 2 heterocycles. The number of methoxy groups -OCH3 is 1. The van der Waals surface area contributed by atoms with E-state index in [-0.39, 0.29) is 30.3 Å². The van der Waals surface area contributed by atoms with Crippen LogP contribution in [0.4, 0.5) is 0 Å². The summed E-state index contributed by atoms with van der Waals surface area (Å²) in [5.74, 6) is -0.163. The molecule has 11 heteroatoms. The zero-order chi connectivity index (χ0) is 35.5. The van der Waals surface area contributed by atoms with Crippen molar-refractivity contribution in [3.63, 3.8) is 0 Å². The fraction of sp³-hybridized carbons (Fsp3) is 0.425. The first-order valence-corrected chi connectivity index (χ1v) is 17.7. The maximum absolute atomic E-state index is 14.0. The Hall–Kier alpha value is -4.23. The summed E-state index contributed by atoms with van der Waals surface area (Å²) in [6.45, 7) is 6.27. The van der Waals surface area contributed by atoms with Crippen molar-refractivity contribution in [2.24, 2.45) is 0 Å². The van der Waals surface area contributed by atoms with E-state index in [1.807, 2.05) is 65.6 Å². The van der Waals surface area contributed by atoms with Crippen LogP contribution < -0.4 is 5.32 Å². The molecule has 0 saturated carbocycles. The monoisotopic (exact) mass is 698 g/mol. The van der Waals surface area contributed by atoms with Gasteiger partial charge in [-0.15, -0.1) is 0 Å². The van der Waals surface area contributed by atoms with E-state index in [9.17, 15) is 9.59 Å². The van der Waals surface area contributed by atoms with E-state index in [1.165, 1.54) is 0 Å². The number of pyridine rings is 1. The van der Waals surface area contributed by atoms with E-state index >= 15 is 0 Å². The number of hydrogen-bond acceptors (Lipinski definition) is 9. The molecule has 1 aromatic heterocycles. The normalized spacial score (nSPS) is 15.0. The molecule has 51 heavy (non-hydrogen) atoms. The summed E-state index contributed by atoms with van der Waals surface area (Å²) >= 11 is 0. The van der Waals surface area contributed by atoms with Crippen molar-refractivity contribution in [1.82, 2.24) is 20.1 Å². The highest BCUT2D eigenvalue weighted by Gasteiger charge is 2.37. The van der Waals surface area contributed by atoms with Crippen molar-refractivity contribution >= 4 is 22.6 Å². The Morgan fingerprint density at radius 1 is 0.725 bits per heavy atom. The van der Waals surface area contributed by atoms with Gasteiger partial charge in [0.2, 0.25) is 5.91 Å². The number of carbonyl (C=O) groups is 2. The Labute approximate surface area is 300 Å². The highest BCUT2D eigenvalue weighted by atomic mass is 16.6. The minimum atomic E-state index is -0.232. The van der Waals surface area contributed by atoms with Crippen molar-refractivity contribution in [3.05, 3.63) is 114 Å². The average molecular weight is 699 g/mol. The molecule has 5 rings (SSSR count). The predicted molar refractivity (Wildman–Crippen MR) is 196 cm³/mol. The van der Waals surface area contributed by atoms with Crippen LogP contribution in [0.3, 0.4) is 0 Å². The van der Waals surface area contributed by atoms with Gasteiger partial charge in [-0.3, -0.25) is 19.5 Å². The zero-order valence-electron chi connectivity index (χ0n) is 29.5. The number of fused-ring (bicyclic) bond motifs is 1. The molecule has 1 N–H and O–H groups in total. The highest BCUT2D eigenvalue weighted by molar-refractivity contribution is 6.06. The first kappa shape index (κ1) is 38.0. The van der Waals surface area contributed by atoms with Crippen LogP contribution in [0.1, 0.15) is 33.9 Å². The summed E-state index contributed by atoms with van der Waals surface area (Å²) < 4.78 is 27.0. The Balaban J connectivity index is 1.16. The largest absolute Gasteiger partial charge is 0.382 e. The van der Waals surface area contributed by atoms with Crippen LogP contribution in [-0.4, -0.2) is 125 Å². The fourth-order valence-corrected chi connectivity index (χ4v) is 6.33. The van der Waals surface area contributed by atoms with E-state index in [2.05, 4.69) is 39.5 Å². The second-order valence-electron chi connectivity index (χ2n) is 12.3. The lowest BCUT2D eigenvalue weighted by Gasteiger charge is -2.45.